The lowest BCUT2D eigenvalue weighted by atomic mass is 9.96. The number of aliphatic hydroxyl groups is 1. The third-order valence-electron chi connectivity index (χ3n) is 4.56. The average Bonchev–Trinajstić information content (AvgIpc) is 2.89. The van der Waals surface area contributed by atoms with E-state index in [1.807, 2.05) is 6.07 Å². The van der Waals surface area contributed by atoms with Crippen molar-refractivity contribution in [3.05, 3.63) is 35.7 Å². The Bertz CT molecular complexity index is 572. The molecule has 0 aliphatic carbocycles. The van der Waals surface area contributed by atoms with Crippen LogP contribution in [0.4, 0.5) is 11.4 Å². The zero-order chi connectivity index (χ0) is 15.7. The summed E-state index contributed by atoms with van der Waals surface area (Å²) in [4.78, 5) is 4.58. The van der Waals surface area contributed by atoms with Gasteiger partial charge < -0.3 is 21.1 Å². The maximum atomic E-state index is 9.85. The first-order valence-electron chi connectivity index (χ1n) is 8.00. The highest BCUT2D eigenvalue weighted by Gasteiger charge is 2.24. The van der Waals surface area contributed by atoms with E-state index in [0.29, 0.717) is 5.92 Å². The van der Waals surface area contributed by atoms with Crippen molar-refractivity contribution in [1.29, 1.82) is 0 Å². The lowest BCUT2D eigenvalue weighted by Gasteiger charge is -2.34. The number of anilines is 2. The SMILES string of the molecule is CC1=CN(c2cc(N)cc(CN3CCC(O)C(C)C3)c2)CN1. The highest BCUT2D eigenvalue weighted by molar-refractivity contribution is 5.60. The maximum absolute atomic E-state index is 9.85. The van der Waals surface area contributed by atoms with Crippen LogP contribution in [-0.2, 0) is 6.54 Å². The third-order valence-corrected chi connectivity index (χ3v) is 4.56. The number of nitrogens with one attached hydrogen (secondary N) is 1. The average molecular weight is 302 g/mol. The fraction of sp³-hybridized carbons (Fsp3) is 0.529. The minimum atomic E-state index is -0.156. The van der Waals surface area contributed by atoms with Crippen molar-refractivity contribution in [3.8, 4) is 0 Å². The van der Waals surface area contributed by atoms with Gasteiger partial charge in [0.1, 0.15) is 0 Å². The lowest BCUT2D eigenvalue weighted by Crippen LogP contribution is -2.41. The Hall–Kier alpha value is -1.72. The Morgan fingerprint density at radius 1 is 1.36 bits per heavy atom. The molecule has 4 N–H and O–H groups in total. The molecular formula is C17H26N4O. The van der Waals surface area contributed by atoms with Crippen molar-refractivity contribution < 1.29 is 5.11 Å². The molecule has 0 amide bonds. The van der Waals surface area contributed by atoms with E-state index in [0.717, 1.165) is 44.1 Å². The molecular weight excluding hydrogens is 276 g/mol. The Kier molecular flexibility index (Phi) is 4.27. The standard InChI is InChI=1S/C17H26N4O/c1-12-8-20(4-3-17(12)22)10-14-5-15(18)7-16(6-14)21-9-13(2)19-11-21/h5-7,9,12,17,19,22H,3-4,8,10-11,18H2,1-2H3. The van der Waals surface area contributed by atoms with Crippen LogP contribution >= 0.6 is 0 Å². The van der Waals surface area contributed by atoms with Gasteiger partial charge in [-0.05, 0) is 43.0 Å². The zero-order valence-electron chi connectivity index (χ0n) is 13.4. The second-order valence-corrected chi connectivity index (χ2v) is 6.62. The largest absolute Gasteiger partial charge is 0.399 e. The lowest BCUT2D eigenvalue weighted by molar-refractivity contribution is 0.0320. The summed E-state index contributed by atoms with van der Waals surface area (Å²) < 4.78 is 0. The Balaban J connectivity index is 1.73. The minimum Gasteiger partial charge on any atom is -0.399 e. The van der Waals surface area contributed by atoms with Gasteiger partial charge in [0.15, 0.2) is 0 Å². The first-order chi connectivity index (χ1) is 10.5. The second-order valence-electron chi connectivity index (χ2n) is 6.62. The molecule has 120 valence electrons. The molecule has 0 spiro atoms. The number of benzene rings is 1. The van der Waals surface area contributed by atoms with Gasteiger partial charge in [-0.15, -0.1) is 0 Å². The number of nitrogens with zero attached hydrogens (tertiary/aromatic N) is 2. The summed E-state index contributed by atoms with van der Waals surface area (Å²) >= 11 is 0. The van der Waals surface area contributed by atoms with Gasteiger partial charge >= 0.3 is 0 Å². The number of hydrogen-bond donors (Lipinski definition) is 3. The highest BCUT2D eigenvalue weighted by Crippen LogP contribution is 2.25. The summed E-state index contributed by atoms with van der Waals surface area (Å²) in [6.45, 7) is 7.74. The summed E-state index contributed by atoms with van der Waals surface area (Å²) in [6, 6.07) is 6.28. The van der Waals surface area contributed by atoms with Crippen LogP contribution < -0.4 is 16.0 Å². The molecule has 0 bridgehead atoms. The number of rotatable bonds is 3. The molecule has 3 rings (SSSR count). The number of aliphatic hydroxyl groups excluding tert-OH is 1. The number of nitrogen functional groups attached to an aromatic ring is 1. The van der Waals surface area contributed by atoms with Crippen LogP contribution in [0.3, 0.4) is 0 Å². The molecule has 5 nitrogen and oxygen atoms in total. The van der Waals surface area contributed by atoms with E-state index in [1.165, 1.54) is 11.3 Å². The van der Waals surface area contributed by atoms with Crippen molar-refractivity contribution >= 4 is 11.4 Å². The summed E-state index contributed by atoms with van der Waals surface area (Å²) in [5.41, 5.74) is 10.4. The van der Waals surface area contributed by atoms with Gasteiger partial charge in [0.05, 0.1) is 12.8 Å². The van der Waals surface area contributed by atoms with Crippen molar-refractivity contribution in [2.45, 2.75) is 32.9 Å². The van der Waals surface area contributed by atoms with Gasteiger partial charge in [-0.3, -0.25) is 4.90 Å². The van der Waals surface area contributed by atoms with Crippen LogP contribution in [0, 0.1) is 5.92 Å². The van der Waals surface area contributed by atoms with E-state index in [9.17, 15) is 5.11 Å². The molecule has 0 aromatic heterocycles. The van der Waals surface area contributed by atoms with Gasteiger partial charge in [-0.2, -0.15) is 0 Å². The topological polar surface area (TPSA) is 64.8 Å². The quantitative estimate of drug-likeness (QED) is 0.742. The van der Waals surface area contributed by atoms with Gasteiger partial charge in [-0.1, -0.05) is 6.92 Å². The summed E-state index contributed by atoms with van der Waals surface area (Å²) in [5.74, 6) is 0.336. The number of nitrogens with two attached hydrogens (primary N) is 1. The zero-order valence-corrected chi connectivity index (χ0v) is 13.4. The Morgan fingerprint density at radius 3 is 2.86 bits per heavy atom. The van der Waals surface area contributed by atoms with Crippen molar-refractivity contribution in [2.24, 2.45) is 5.92 Å². The van der Waals surface area contributed by atoms with Crippen molar-refractivity contribution in [1.82, 2.24) is 10.2 Å². The molecule has 1 aromatic carbocycles. The van der Waals surface area contributed by atoms with Crippen molar-refractivity contribution in [3.63, 3.8) is 0 Å². The van der Waals surface area contributed by atoms with Crippen LogP contribution in [0.5, 0.6) is 0 Å². The van der Waals surface area contributed by atoms with E-state index in [4.69, 9.17) is 5.73 Å². The molecule has 22 heavy (non-hydrogen) atoms. The van der Waals surface area contributed by atoms with Gasteiger partial charge in [-0.25, -0.2) is 0 Å². The fourth-order valence-electron chi connectivity index (χ4n) is 3.28. The maximum Gasteiger partial charge on any atom is 0.0918 e. The molecule has 1 saturated heterocycles. The van der Waals surface area contributed by atoms with Gasteiger partial charge in [0, 0.05) is 42.9 Å². The number of allylic oxidation sites excluding steroid dienone is 1. The molecule has 1 aromatic rings. The molecule has 0 saturated carbocycles. The van der Waals surface area contributed by atoms with Crippen LogP contribution in [0.25, 0.3) is 0 Å². The predicted octanol–water partition coefficient (Wildman–Crippen LogP) is 1.70. The number of hydrogen-bond acceptors (Lipinski definition) is 5. The fourth-order valence-corrected chi connectivity index (χ4v) is 3.28. The summed E-state index contributed by atoms with van der Waals surface area (Å²) in [7, 11) is 0. The van der Waals surface area contributed by atoms with E-state index in [-0.39, 0.29) is 6.10 Å². The van der Waals surface area contributed by atoms with Crippen molar-refractivity contribution in [2.75, 3.05) is 30.4 Å². The monoisotopic (exact) mass is 302 g/mol. The summed E-state index contributed by atoms with van der Waals surface area (Å²) in [6.07, 6.45) is 2.81. The summed E-state index contributed by atoms with van der Waals surface area (Å²) in [5, 5.41) is 13.2. The van der Waals surface area contributed by atoms with Crippen LogP contribution in [0.1, 0.15) is 25.8 Å². The smallest absolute Gasteiger partial charge is 0.0918 e. The molecule has 2 aliphatic heterocycles. The minimum absolute atomic E-state index is 0.156. The molecule has 2 heterocycles. The molecule has 0 radical (unpaired) electrons. The van der Waals surface area contributed by atoms with Crippen LogP contribution in [0.15, 0.2) is 30.1 Å². The van der Waals surface area contributed by atoms with E-state index in [1.54, 1.807) is 0 Å². The first-order valence-corrected chi connectivity index (χ1v) is 8.00. The van der Waals surface area contributed by atoms with Gasteiger partial charge in [0.25, 0.3) is 0 Å². The first kappa shape index (κ1) is 15.2. The molecule has 2 unspecified atom stereocenters. The number of likely N-dealkylation sites (tertiary alicyclic amines) is 1. The molecule has 2 atom stereocenters. The second kappa shape index (κ2) is 6.18. The van der Waals surface area contributed by atoms with Crippen LogP contribution in [-0.4, -0.2) is 35.9 Å². The molecule has 2 aliphatic rings. The molecule has 1 fully saturated rings. The van der Waals surface area contributed by atoms with Crippen LogP contribution in [0.2, 0.25) is 0 Å². The van der Waals surface area contributed by atoms with Gasteiger partial charge in [0.2, 0.25) is 0 Å². The Labute approximate surface area is 132 Å². The third kappa shape index (κ3) is 3.36. The van der Waals surface area contributed by atoms with E-state index >= 15 is 0 Å². The predicted molar refractivity (Wildman–Crippen MR) is 90.2 cm³/mol. The highest BCUT2D eigenvalue weighted by atomic mass is 16.3. The number of piperidine rings is 1. The van der Waals surface area contributed by atoms with E-state index < -0.39 is 0 Å². The molecule has 5 heteroatoms. The Morgan fingerprint density at radius 2 is 2.18 bits per heavy atom. The normalized spacial score (nSPS) is 26.0. The van der Waals surface area contributed by atoms with E-state index in [2.05, 4.69) is 47.3 Å².